The van der Waals surface area contributed by atoms with Crippen molar-refractivity contribution in [2.45, 2.75) is 31.6 Å². The maximum atomic E-state index is 11.0. The Bertz CT molecular complexity index is 428. The zero-order chi connectivity index (χ0) is 12.2. The Morgan fingerprint density at radius 3 is 2.38 bits per heavy atom. The molecule has 6 heteroatoms. The first-order valence-corrected chi connectivity index (χ1v) is 7.20. The SMILES string of the molecule is CCC(N)Cc1cnc(CS(C)(=O)=O)nc1. The second-order valence-corrected chi connectivity index (χ2v) is 6.09. The van der Waals surface area contributed by atoms with Gasteiger partial charge in [-0.15, -0.1) is 0 Å². The second-order valence-electron chi connectivity index (χ2n) is 3.95. The van der Waals surface area contributed by atoms with E-state index in [4.69, 9.17) is 5.73 Å². The first-order chi connectivity index (χ1) is 7.40. The molecule has 0 aliphatic rings. The highest BCUT2D eigenvalue weighted by Gasteiger charge is 2.08. The zero-order valence-electron chi connectivity index (χ0n) is 9.55. The van der Waals surface area contributed by atoms with Crippen molar-refractivity contribution in [1.82, 2.24) is 9.97 Å². The van der Waals surface area contributed by atoms with Crippen LogP contribution in [0.1, 0.15) is 24.7 Å². The summed E-state index contributed by atoms with van der Waals surface area (Å²) in [4.78, 5) is 8.01. The monoisotopic (exact) mass is 243 g/mol. The molecule has 1 atom stereocenters. The van der Waals surface area contributed by atoms with Gasteiger partial charge in [0, 0.05) is 24.7 Å². The topological polar surface area (TPSA) is 85.9 Å². The van der Waals surface area contributed by atoms with Crippen LogP contribution in [0.2, 0.25) is 0 Å². The largest absolute Gasteiger partial charge is 0.327 e. The van der Waals surface area contributed by atoms with E-state index in [-0.39, 0.29) is 11.8 Å². The van der Waals surface area contributed by atoms with Crippen molar-refractivity contribution in [2.24, 2.45) is 5.73 Å². The van der Waals surface area contributed by atoms with Gasteiger partial charge in [0.05, 0.1) is 0 Å². The number of rotatable bonds is 5. The van der Waals surface area contributed by atoms with Gasteiger partial charge in [-0.3, -0.25) is 0 Å². The molecule has 0 bridgehead atoms. The lowest BCUT2D eigenvalue weighted by atomic mass is 10.1. The van der Waals surface area contributed by atoms with E-state index in [0.717, 1.165) is 24.7 Å². The van der Waals surface area contributed by atoms with Crippen LogP contribution in [0, 0.1) is 0 Å². The Morgan fingerprint density at radius 2 is 1.94 bits per heavy atom. The Labute approximate surface area is 96.0 Å². The summed E-state index contributed by atoms with van der Waals surface area (Å²) in [6.07, 6.45) is 6.06. The van der Waals surface area contributed by atoms with Crippen molar-refractivity contribution in [3.05, 3.63) is 23.8 Å². The van der Waals surface area contributed by atoms with Gasteiger partial charge in [-0.05, 0) is 18.4 Å². The van der Waals surface area contributed by atoms with E-state index in [0.29, 0.717) is 5.82 Å². The van der Waals surface area contributed by atoms with E-state index in [2.05, 4.69) is 9.97 Å². The Morgan fingerprint density at radius 1 is 1.38 bits per heavy atom. The fourth-order valence-electron chi connectivity index (χ4n) is 1.24. The molecule has 0 aliphatic carbocycles. The predicted octanol–water partition coefficient (Wildman–Crippen LogP) is 0.301. The van der Waals surface area contributed by atoms with Gasteiger partial charge in [0.25, 0.3) is 0 Å². The third-order valence-electron chi connectivity index (χ3n) is 2.17. The molecule has 0 fully saturated rings. The van der Waals surface area contributed by atoms with Gasteiger partial charge in [-0.25, -0.2) is 18.4 Å². The summed E-state index contributed by atoms with van der Waals surface area (Å²) < 4.78 is 22.0. The van der Waals surface area contributed by atoms with Crippen LogP contribution in [0.3, 0.4) is 0 Å². The van der Waals surface area contributed by atoms with Crippen LogP contribution in [-0.2, 0) is 22.0 Å². The van der Waals surface area contributed by atoms with Crippen LogP contribution in [0.25, 0.3) is 0 Å². The lowest BCUT2D eigenvalue weighted by Crippen LogP contribution is -2.21. The van der Waals surface area contributed by atoms with Gasteiger partial charge in [-0.2, -0.15) is 0 Å². The van der Waals surface area contributed by atoms with Gasteiger partial charge in [0.2, 0.25) is 0 Å². The molecule has 1 heterocycles. The third kappa shape index (κ3) is 4.67. The van der Waals surface area contributed by atoms with Gasteiger partial charge >= 0.3 is 0 Å². The summed E-state index contributed by atoms with van der Waals surface area (Å²) in [5.41, 5.74) is 6.73. The highest BCUT2D eigenvalue weighted by atomic mass is 32.2. The minimum absolute atomic E-state index is 0.101. The molecule has 0 spiro atoms. The Hall–Kier alpha value is -1.01. The Kier molecular flexibility index (Phi) is 4.37. The smallest absolute Gasteiger partial charge is 0.154 e. The summed E-state index contributed by atoms with van der Waals surface area (Å²) in [6.45, 7) is 2.02. The summed E-state index contributed by atoms with van der Waals surface area (Å²) in [5, 5.41) is 0. The van der Waals surface area contributed by atoms with E-state index in [1.165, 1.54) is 0 Å². The molecule has 2 N–H and O–H groups in total. The number of nitrogens with two attached hydrogens (primary N) is 1. The van der Waals surface area contributed by atoms with Crippen LogP contribution in [0.5, 0.6) is 0 Å². The summed E-state index contributed by atoms with van der Waals surface area (Å²) in [5.74, 6) is 0.212. The van der Waals surface area contributed by atoms with Gasteiger partial charge < -0.3 is 5.73 Å². The molecule has 5 nitrogen and oxygen atoms in total. The molecule has 1 rings (SSSR count). The molecule has 1 aromatic heterocycles. The van der Waals surface area contributed by atoms with Crippen molar-refractivity contribution in [3.63, 3.8) is 0 Å². The summed E-state index contributed by atoms with van der Waals surface area (Å²) in [7, 11) is -3.07. The number of nitrogens with zero attached hydrogens (tertiary/aromatic N) is 2. The first kappa shape index (κ1) is 13.1. The molecule has 0 aromatic carbocycles. The number of aromatic nitrogens is 2. The van der Waals surface area contributed by atoms with E-state index in [9.17, 15) is 8.42 Å². The van der Waals surface area contributed by atoms with Crippen LogP contribution in [0.15, 0.2) is 12.4 Å². The molecule has 16 heavy (non-hydrogen) atoms. The van der Waals surface area contributed by atoms with Gasteiger partial charge in [0.15, 0.2) is 9.84 Å². The van der Waals surface area contributed by atoms with E-state index in [1.54, 1.807) is 12.4 Å². The molecular weight excluding hydrogens is 226 g/mol. The lowest BCUT2D eigenvalue weighted by Gasteiger charge is -2.07. The standard InChI is InChI=1S/C10H17N3O2S/c1-3-9(11)4-8-5-12-10(13-6-8)7-16(2,14)15/h5-6,9H,3-4,7,11H2,1-2H3. The molecule has 0 saturated carbocycles. The van der Waals surface area contributed by atoms with Crippen LogP contribution < -0.4 is 5.73 Å². The van der Waals surface area contributed by atoms with Crippen molar-refractivity contribution in [2.75, 3.05) is 6.26 Å². The van der Waals surface area contributed by atoms with Crippen LogP contribution in [-0.4, -0.2) is 30.7 Å². The molecule has 0 radical (unpaired) electrons. The highest BCUT2D eigenvalue weighted by molar-refractivity contribution is 7.89. The van der Waals surface area contributed by atoms with E-state index >= 15 is 0 Å². The van der Waals surface area contributed by atoms with Crippen molar-refractivity contribution >= 4 is 9.84 Å². The normalized spacial score (nSPS) is 13.7. The van der Waals surface area contributed by atoms with Gasteiger partial charge in [-0.1, -0.05) is 6.92 Å². The minimum atomic E-state index is -3.07. The molecule has 0 saturated heterocycles. The first-order valence-electron chi connectivity index (χ1n) is 5.14. The van der Waals surface area contributed by atoms with Crippen LogP contribution in [0.4, 0.5) is 0 Å². The average molecular weight is 243 g/mol. The fourth-order valence-corrected chi connectivity index (χ4v) is 1.86. The second kappa shape index (κ2) is 5.36. The number of hydrogen-bond donors (Lipinski definition) is 1. The maximum Gasteiger partial charge on any atom is 0.154 e. The third-order valence-corrected chi connectivity index (χ3v) is 2.95. The molecule has 0 amide bonds. The van der Waals surface area contributed by atoms with E-state index < -0.39 is 9.84 Å². The van der Waals surface area contributed by atoms with Gasteiger partial charge in [0.1, 0.15) is 11.6 Å². The maximum absolute atomic E-state index is 11.0. The quantitative estimate of drug-likeness (QED) is 0.804. The molecular formula is C10H17N3O2S. The lowest BCUT2D eigenvalue weighted by molar-refractivity contribution is 0.599. The van der Waals surface area contributed by atoms with Crippen molar-refractivity contribution in [1.29, 1.82) is 0 Å². The predicted molar refractivity (Wildman–Crippen MR) is 62.6 cm³/mol. The number of sulfone groups is 1. The average Bonchev–Trinajstić information content (AvgIpc) is 2.18. The molecule has 0 aliphatic heterocycles. The van der Waals surface area contributed by atoms with Crippen LogP contribution >= 0.6 is 0 Å². The van der Waals surface area contributed by atoms with Crippen molar-refractivity contribution < 1.29 is 8.42 Å². The van der Waals surface area contributed by atoms with Crippen molar-refractivity contribution in [3.8, 4) is 0 Å². The summed E-state index contributed by atoms with van der Waals surface area (Å²) in [6, 6.07) is 0.101. The fraction of sp³-hybridized carbons (Fsp3) is 0.600. The Balaban J connectivity index is 2.68. The molecule has 1 aromatic rings. The minimum Gasteiger partial charge on any atom is -0.327 e. The number of hydrogen-bond acceptors (Lipinski definition) is 5. The molecule has 90 valence electrons. The summed E-state index contributed by atoms with van der Waals surface area (Å²) >= 11 is 0. The highest BCUT2D eigenvalue weighted by Crippen LogP contribution is 2.03. The zero-order valence-corrected chi connectivity index (χ0v) is 10.4. The van der Waals surface area contributed by atoms with E-state index in [1.807, 2.05) is 6.92 Å². The molecule has 1 unspecified atom stereocenters.